The number of aromatic nitrogens is 5. The zero-order chi connectivity index (χ0) is 25.2. The Labute approximate surface area is 223 Å². The summed E-state index contributed by atoms with van der Waals surface area (Å²) in [7, 11) is 3.39. The van der Waals surface area contributed by atoms with Crippen LogP contribution in [0.15, 0.2) is 40.0 Å². The quantitative estimate of drug-likeness (QED) is 0.194. The molecule has 1 saturated heterocycles. The highest BCUT2D eigenvalue weighted by Crippen LogP contribution is 2.59. The molecule has 0 bridgehead atoms. The van der Waals surface area contributed by atoms with Crippen LogP contribution in [0.4, 0.5) is 13.2 Å². The molecule has 36 heavy (non-hydrogen) atoms. The van der Waals surface area contributed by atoms with E-state index in [0.717, 1.165) is 47.4 Å². The second kappa shape index (κ2) is 8.85. The van der Waals surface area contributed by atoms with E-state index in [1.165, 1.54) is 41.1 Å². The van der Waals surface area contributed by atoms with Gasteiger partial charge in [-0.25, -0.2) is 0 Å². The predicted octanol–water partition coefficient (Wildman–Crippen LogP) is 5.97. The molecule has 2 aliphatic rings. The molecule has 0 unspecified atom stereocenters. The number of piperidine rings is 1. The number of fused-ring (bicyclic) bond motifs is 2. The van der Waals surface area contributed by atoms with E-state index in [9.17, 15) is 13.2 Å². The van der Waals surface area contributed by atoms with Crippen molar-refractivity contribution in [2.24, 2.45) is 20.0 Å². The molecule has 0 spiro atoms. The maximum atomic E-state index is 13.3. The molecule has 4 aromatic rings. The number of rotatable bonds is 7. The van der Waals surface area contributed by atoms with E-state index in [4.69, 9.17) is 0 Å². The summed E-state index contributed by atoms with van der Waals surface area (Å²) in [5.74, 6) is 2.25. The van der Waals surface area contributed by atoms with E-state index in [0.29, 0.717) is 20.9 Å². The first-order valence-electron chi connectivity index (χ1n) is 11.7. The fourth-order valence-electron chi connectivity index (χ4n) is 5.45. The Bertz CT molecular complexity index is 1430. The molecule has 0 N–H and O–H groups in total. The molecular formula is C24H24BrF3N6S2. The molecule has 2 atom stereocenters. The summed E-state index contributed by atoms with van der Waals surface area (Å²) in [4.78, 5) is 3.70. The van der Waals surface area contributed by atoms with E-state index in [-0.39, 0.29) is 5.39 Å². The number of benzene rings is 1. The highest BCUT2D eigenvalue weighted by Gasteiger charge is 2.60. The smallest absolute Gasteiger partial charge is 0.304 e. The second-order valence-corrected chi connectivity index (χ2v) is 12.7. The van der Waals surface area contributed by atoms with Gasteiger partial charge in [0.25, 0.3) is 0 Å². The van der Waals surface area contributed by atoms with Crippen molar-refractivity contribution in [1.82, 2.24) is 29.4 Å². The summed E-state index contributed by atoms with van der Waals surface area (Å²) in [6, 6.07) is 10.3. The van der Waals surface area contributed by atoms with Crippen LogP contribution < -0.4 is 0 Å². The number of thioether (sulfide) groups is 1. The van der Waals surface area contributed by atoms with Crippen LogP contribution in [0.5, 0.6) is 0 Å². The van der Waals surface area contributed by atoms with E-state index in [2.05, 4.69) is 60.4 Å². The van der Waals surface area contributed by atoms with Gasteiger partial charge in [-0.15, -0.1) is 21.5 Å². The largest absolute Gasteiger partial charge is 0.435 e. The van der Waals surface area contributed by atoms with Crippen LogP contribution in [-0.2, 0) is 25.7 Å². The molecule has 12 heteroatoms. The summed E-state index contributed by atoms with van der Waals surface area (Å²) in [5.41, 5.74) is 0.942. The number of hydrogen-bond acceptors (Lipinski definition) is 6. The van der Waals surface area contributed by atoms with Gasteiger partial charge in [-0.3, -0.25) is 4.68 Å². The summed E-state index contributed by atoms with van der Waals surface area (Å²) < 4.78 is 44.3. The number of halogens is 4. The van der Waals surface area contributed by atoms with Crippen molar-refractivity contribution in [3.05, 3.63) is 46.1 Å². The molecule has 190 valence electrons. The molecule has 1 aromatic carbocycles. The Kier molecular flexibility index (Phi) is 6.01. The van der Waals surface area contributed by atoms with E-state index in [1.807, 2.05) is 11.6 Å². The minimum atomic E-state index is -4.49. The van der Waals surface area contributed by atoms with Crippen LogP contribution in [0.25, 0.3) is 20.9 Å². The fourth-order valence-corrected chi connectivity index (χ4v) is 7.64. The van der Waals surface area contributed by atoms with Crippen molar-refractivity contribution in [3.63, 3.8) is 0 Å². The summed E-state index contributed by atoms with van der Waals surface area (Å²) in [5, 5.41) is 13.1. The summed E-state index contributed by atoms with van der Waals surface area (Å²) in [6.07, 6.45) is -2.16. The van der Waals surface area contributed by atoms with Gasteiger partial charge in [0.05, 0.1) is 4.88 Å². The van der Waals surface area contributed by atoms with Crippen molar-refractivity contribution in [1.29, 1.82) is 0 Å². The van der Waals surface area contributed by atoms with Gasteiger partial charge in [-0.2, -0.15) is 18.3 Å². The molecule has 0 amide bonds. The number of likely N-dealkylation sites (tertiary alicyclic amines) is 1. The van der Waals surface area contributed by atoms with Crippen LogP contribution in [-0.4, -0.2) is 54.8 Å². The molecule has 6 rings (SSSR count). The van der Waals surface area contributed by atoms with Gasteiger partial charge in [-0.05, 0) is 49.1 Å². The van der Waals surface area contributed by atoms with Crippen molar-refractivity contribution in [2.75, 3.05) is 25.4 Å². The Morgan fingerprint density at radius 1 is 1.19 bits per heavy atom. The molecule has 6 nitrogen and oxygen atoms in total. The average molecular weight is 598 g/mol. The molecule has 3 aromatic heterocycles. The maximum absolute atomic E-state index is 13.3. The SMILES string of the molecule is Cn1c(SCCCN2C[C@@H]3C[C@]3(c3ccc(Br)cc3)C2)nnc1-c1cc2c(C(F)(F)F)nn(C)c2s1. The first kappa shape index (κ1) is 24.4. The van der Waals surface area contributed by atoms with E-state index >= 15 is 0 Å². The number of alkyl halides is 3. The Morgan fingerprint density at radius 3 is 2.72 bits per heavy atom. The third kappa shape index (κ3) is 4.19. The molecule has 1 saturated carbocycles. The third-order valence-corrected chi connectivity index (χ3v) is 10.2. The first-order chi connectivity index (χ1) is 17.2. The van der Waals surface area contributed by atoms with E-state index < -0.39 is 11.9 Å². The predicted molar refractivity (Wildman–Crippen MR) is 139 cm³/mol. The van der Waals surface area contributed by atoms with Crippen molar-refractivity contribution < 1.29 is 13.2 Å². The van der Waals surface area contributed by atoms with Gasteiger partial charge in [0.2, 0.25) is 0 Å². The number of thiophene rings is 1. The van der Waals surface area contributed by atoms with Crippen LogP contribution >= 0.6 is 39.0 Å². The second-order valence-electron chi connectivity index (χ2n) is 9.67. The topological polar surface area (TPSA) is 51.8 Å². The van der Waals surface area contributed by atoms with Gasteiger partial charge >= 0.3 is 6.18 Å². The Hall–Kier alpha value is -1.89. The fraction of sp³-hybridized carbons (Fsp3) is 0.458. The Balaban J connectivity index is 1.06. The average Bonchev–Trinajstić information content (AvgIpc) is 3.22. The van der Waals surface area contributed by atoms with Gasteiger partial charge < -0.3 is 9.47 Å². The minimum Gasteiger partial charge on any atom is -0.304 e. The minimum absolute atomic E-state index is 0.103. The maximum Gasteiger partial charge on any atom is 0.435 e. The lowest BCUT2D eigenvalue weighted by Gasteiger charge is -2.21. The molecule has 2 fully saturated rings. The van der Waals surface area contributed by atoms with Crippen molar-refractivity contribution >= 4 is 49.2 Å². The summed E-state index contributed by atoms with van der Waals surface area (Å²) in [6.45, 7) is 3.34. The van der Waals surface area contributed by atoms with Crippen molar-refractivity contribution in [2.45, 2.75) is 29.6 Å². The zero-order valence-electron chi connectivity index (χ0n) is 19.7. The molecule has 1 aliphatic carbocycles. The standard InChI is InChI=1S/C24H24BrF3N6S2/c1-32-20(18-10-17-19(24(26,27)28)31-33(2)21(17)36-18)29-30-22(32)35-9-3-8-34-12-15-11-23(15,13-34)14-4-6-16(25)7-5-14/h4-7,10,15H,3,8-9,11-13H2,1-2H3/t15-,23+/m0/s1. The van der Waals surface area contributed by atoms with Crippen molar-refractivity contribution in [3.8, 4) is 10.7 Å². The zero-order valence-corrected chi connectivity index (χ0v) is 22.9. The highest BCUT2D eigenvalue weighted by atomic mass is 79.9. The molecular weight excluding hydrogens is 573 g/mol. The normalized spacial score (nSPS) is 22.0. The number of hydrogen-bond donors (Lipinski definition) is 0. The van der Waals surface area contributed by atoms with E-state index in [1.54, 1.807) is 11.8 Å². The lowest BCUT2D eigenvalue weighted by Crippen LogP contribution is -2.27. The van der Waals surface area contributed by atoms with Gasteiger partial charge in [0, 0.05) is 48.2 Å². The molecule has 4 heterocycles. The molecule has 1 aliphatic heterocycles. The lowest BCUT2D eigenvalue weighted by molar-refractivity contribution is -0.140. The number of nitrogens with zero attached hydrogens (tertiary/aromatic N) is 6. The first-order valence-corrected chi connectivity index (χ1v) is 14.3. The lowest BCUT2D eigenvalue weighted by atomic mass is 9.95. The monoisotopic (exact) mass is 596 g/mol. The summed E-state index contributed by atoms with van der Waals surface area (Å²) >= 11 is 6.42. The highest BCUT2D eigenvalue weighted by molar-refractivity contribution is 9.10. The van der Waals surface area contributed by atoms with Gasteiger partial charge in [0.1, 0.15) is 4.83 Å². The van der Waals surface area contributed by atoms with Crippen LogP contribution in [0.1, 0.15) is 24.1 Å². The molecule has 0 radical (unpaired) electrons. The van der Waals surface area contributed by atoms with Gasteiger partial charge in [-0.1, -0.05) is 39.8 Å². The number of aryl methyl sites for hydroxylation is 1. The Morgan fingerprint density at radius 2 is 1.97 bits per heavy atom. The van der Waals surface area contributed by atoms with Crippen LogP contribution in [0, 0.1) is 5.92 Å². The van der Waals surface area contributed by atoms with Crippen LogP contribution in [0.3, 0.4) is 0 Å². The van der Waals surface area contributed by atoms with Gasteiger partial charge in [0.15, 0.2) is 16.7 Å². The van der Waals surface area contributed by atoms with Crippen LogP contribution in [0.2, 0.25) is 0 Å². The third-order valence-electron chi connectivity index (χ3n) is 7.32.